The number of nitrogens with one attached hydrogen (secondary N) is 1. The molecule has 2 saturated heterocycles. The fourth-order valence-corrected chi connectivity index (χ4v) is 4.27. The SMILES string of the molecule is CCN1CCCC(NCC2(C)CCCS2)CC1. The Balaban J connectivity index is 1.71. The molecular formula is C14H28N2S. The molecule has 0 radical (unpaired) electrons. The number of nitrogens with zero attached hydrogens (tertiary/aromatic N) is 1. The molecule has 1 N–H and O–H groups in total. The fraction of sp³-hybridized carbons (Fsp3) is 1.00. The third-order valence-electron chi connectivity index (χ3n) is 4.33. The van der Waals surface area contributed by atoms with E-state index in [0.29, 0.717) is 4.75 Å². The maximum absolute atomic E-state index is 3.84. The van der Waals surface area contributed by atoms with Crippen molar-refractivity contribution in [3.63, 3.8) is 0 Å². The van der Waals surface area contributed by atoms with E-state index < -0.39 is 0 Å². The standard InChI is InChI=1S/C14H28N2S/c1-3-16-9-4-6-13(7-10-16)15-12-14(2)8-5-11-17-14/h13,15H,3-12H2,1-2H3. The van der Waals surface area contributed by atoms with E-state index in [1.165, 1.54) is 64.0 Å². The summed E-state index contributed by atoms with van der Waals surface area (Å²) in [5, 5.41) is 3.84. The van der Waals surface area contributed by atoms with Gasteiger partial charge in [-0.2, -0.15) is 11.8 Å². The molecule has 0 aromatic heterocycles. The first-order valence-corrected chi connectivity index (χ1v) is 8.30. The Labute approximate surface area is 111 Å². The van der Waals surface area contributed by atoms with Crippen molar-refractivity contribution in [2.24, 2.45) is 0 Å². The zero-order valence-electron chi connectivity index (χ0n) is 11.5. The van der Waals surface area contributed by atoms with Gasteiger partial charge in [-0.05, 0) is 64.4 Å². The molecule has 0 aliphatic carbocycles. The van der Waals surface area contributed by atoms with E-state index in [9.17, 15) is 0 Å². The van der Waals surface area contributed by atoms with Gasteiger partial charge in [0.1, 0.15) is 0 Å². The Bertz CT molecular complexity index is 226. The Hall–Kier alpha value is 0.270. The number of likely N-dealkylation sites (tertiary alicyclic amines) is 1. The summed E-state index contributed by atoms with van der Waals surface area (Å²) in [6, 6.07) is 0.768. The average Bonchev–Trinajstić information content (AvgIpc) is 2.64. The lowest BCUT2D eigenvalue weighted by atomic mass is 10.0. The van der Waals surface area contributed by atoms with Crippen LogP contribution in [0.15, 0.2) is 0 Å². The van der Waals surface area contributed by atoms with E-state index in [0.717, 1.165) is 6.04 Å². The summed E-state index contributed by atoms with van der Waals surface area (Å²) in [6.45, 7) is 9.75. The van der Waals surface area contributed by atoms with Gasteiger partial charge in [-0.3, -0.25) is 0 Å². The summed E-state index contributed by atoms with van der Waals surface area (Å²) in [5.41, 5.74) is 0. The van der Waals surface area contributed by atoms with Gasteiger partial charge in [-0.1, -0.05) is 6.92 Å². The van der Waals surface area contributed by atoms with Crippen molar-refractivity contribution >= 4 is 11.8 Å². The molecule has 0 saturated carbocycles. The molecule has 0 aromatic rings. The van der Waals surface area contributed by atoms with Crippen LogP contribution in [0.2, 0.25) is 0 Å². The zero-order chi connectivity index (χ0) is 12.1. The Morgan fingerprint density at radius 3 is 2.88 bits per heavy atom. The number of rotatable bonds is 4. The van der Waals surface area contributed by atoms with E-state index in [1.807, 2.05) is 0 Å². The highest BCUT2D eigenvalue weighted by atomic mass is 32.2. The molecule has 2 nitrogen and oxygen atoms in total. The van der Waals surface area contributed by atoms with Crippen molar-refractivity contribution in [1.29, 1.82) is 0 Å². The van der Waals surface area contributed by atoms with Gasteiger partial charge in [0.2, 0.25) is 0 Å². The van der Waals surface area contributed by atoms with Crippen LogP contribution >= 0.6 is 11.8 Å². The van der Waals surface area contributed by atoms with E-state index in [4.69, 9.17) is 0 Å². The molecule has 3 heteroatoms. The predicted octanol–water partition coefficient (Wildman–Crippen LogP) is 2.74. The predicted molar refractivity (Wildman–Crippen MR) is 77.9 cm³/mol. The van der Waals surface area contributed by atoms with Crippen LogP contribution < -0.4 is 5.32 Å². The molecule has 2 unspecified atom stereocenters. The monoisotopic (exact) mass is 256 g/mol. The van der Waals surface area contributed by atoms with E-state index in [2.05, 4.69) is 35.8 Å². The molecule has 2 aliphatic heterocycles. The lowest BCUT2D eigenvalue weighted by Crippen LogP contribution is -2.39. The molecule has 0 bridgehead atoms. The minimum atomic E-state index is 0.525. The first-order valence-electron chi connectivity index (χ1n) is 7.31. The summed E-state index contributed by atoms with van der Waals surface area (Å²) in [6.07, 6.45) is 6.90. The Morgan fingerprint density at radius 1 is 1.29 bits per heavy atom. The quantitative estimate of drug-likeness (QED) is 0.832. The Morgan fingerprint density at radius 2 is 2.18 bits per heavy atom. The van der Waals surface area contributed by atoms with Crippen LogP contribution in [0.3, 0.4) is 0 Å². The van der Waals surface area contributed by atoms with Crippen LogP contribution in [0.4, 0.5) is 0 Å². The largest absolute Gasteiger partial charge is 0.313 e. The van der Waals surface area contributed by atoms with Crippen molar-refractivity contribution in [2.45, 2.75) is 56.7 Å². The van der Waals surface area contributed by atoms with E-state index in [1.54, 1.807) is 0 Å². The maximum Gasteiger partial charge on any atom is 0.0256 e. The molecule has 100 valence electrons. The molecule has 2 fully saturated rings. The molecular weight excluding hydrogens is 228 g/mol. The zero-order valence-corrected chi connectivity index (χ0v) is 12.3. The maximum atomic E-state index is 3.84. The highest BCUT2D eigenvalue weighted by molar-refractivity contribution is 8.00. The molecule has 2 atom stereocenters. The van der Waals surface area contributed by atoms with Gasteiger partial charge in [-0.15, -0.1) is 0 Å². The lowest BCUT2D eigenvalue weighted by Gasteiger charge is -2.26. The normalized spacial score (nSPS) is 36.0. The van der Waals surface area contributed by atoms with Gasteiger partial charge in [0.25, 0.3) is 0 Å². The van der Waals surface area contributed by atoms with Crippen molar-refractivity contribution < 1.29 is 0 Å². The van der Waals surface area contributed by atoms with Gasteiger partial charge < -0.3 is 10.2 Å². The summed E-state index contributed by atoms with van der Waals surface area (Å²) in [7, 11) is 0. The van der Waals surface area contributed by atoms with Gasteiger partial charge in [-0.25, -0.2) is 0 Å². The number of thioether (sulfide) groups is 1. The van der Waals surface area contributed by atoms with Crippen LogP contribution in [0, 0.1) is 0 Å². The van der Waals surface area contributed by atoms with Crippen LogP contribution in [0.25, 0.3) is 0 Å². The van der Waals surface area contributed by atoms with Gasteiger partial charge in [0.05, 0.1) is 0 Å². The smallest absolute Gasteiger partial charge is 0.0256 e. The molecule has 0 amide bonds. The highest BCUT2D eigenvalue weighted by Gasteiger charge is 2.30. The summed E-state index contributed by atoms with van der Waals surface area (Å²) in [5.74, 6) is 1.37. The topological polar surface area (TPSA) is 15.3 Å². The van der Waals surface area contributed by atoms with Crippen molar-refractivity contribution in [1.82, 2.24) is 10.2 Å². The van der Waals surface area contributed by atoms with Crippen molar-refractivity contribution in [3.05, 3.63) is 0 Å². The van der Waals surface area contributed by atoms with Gasteiger partial charge in [0.15, 0.2) is 0 Å². The van der Waals surface area contributed by atoms with Crippen molar-refractivity contribution in [2.75, 3.05) is 31.9 Å². The lowest BCUT2D eigenvalue weighted by molar-refractivity contribution is 0.296. The van der Waals surface area contributed by atoms with Crippen LogP contribution in [0.5, 0.6) is 0 Å². The van der Waals surface area contributed by atoms with Crippen LogP contribution in [-0.2, 0) is 0 Å². The fourth-order valence-electron chi connectivity index (χ4n) is 3.01. The summed E-state index contributed by atoms with van der Waals surface area (Å²) < 4.78 is 0.525. The summed E-state index contributed by atoms with van der Waals surface area (Å²) in [4.78, 5) is 2.59. The Kier molecular flexibility index (Phi) is 5.19. The van der Waals surface area contributed by atoms with Gasteiger partial charge >= 0.3 is 0 Å². The molecule has 17 heavy (non-hydrogen) atoms. The molecule has 0 aromatic carbocycles. The third kappa shape index (κ3) is 4.15. The number of hydrogen-bond acceptors (Lipinski definition) is 3. The van der Waals surface area contributed by atoms with E-state index in [-0.39, 0.29) is 0 Å². The molecule has 2 rings (SSSR count). The second kappa shape index (κ2) is 6.44. The average molecular weight is 256 g/mol. The van der Waals surface area contributed by atoms with E-state index >= 15 is 0 Å². The highest BCUT2D eigenvalue weighted by Crippen LogP contribution is 2.37. The number of hydrogen-bond donors (Lipinski definition) is 1. The van der Waals surface area contributed by atoms with Crippen LogP contribution in [0.1, 0.15) is 46.0 Å². The first-order chi connectivity index (χ1) is 8.22. The second-order valence-corrected chi connectivity index (χ2v) is 7.53. The molecule has 2 aliphatic rings. The second-order valence-electron chi connectivity index (χ2n) is 5.84. The molecule has 0 spiro atoms. The van der Waals surface area contributed by atoms with Gasteiger partial charge in [0, 0.05) is 17.3 Å². The first kappa shape index (κ1) is 13.7. The summed E-state index contributed by atoms with van der Waals surface area (Å²) >= 11 is 2.17. The van der Waals surface area contributed by atoms with Crippen molar-refractivity contribution in [3.8, 4) is 0 Å². The minimum absolute atomic E-state index is 0.525. The van der Waals surface area contributed by atoms with Crippen LogP contribution in [-0.4, -0.2) is 47.6 Å². The molecule has 2 heterocycles. The minimum Gasteiger partial charge on any atom is -0.313 e. The third-order valence-corrected chi connectivity index (χ3v) is 5.87.